The first kappa shape index (κ1) is 22.8. The molecule has 1 heterocycles. The van der Waals surface area contributed by atoms with E-state index < -0.39 is 6.10 Å². The van der Waals surface area contributed by atoms with E-state index in [1.807, 2.05) is 18.2 Å². The van der Waals surface area contributed by atoms with Crippen LogP contribution in [-0.4, -0.2) is 60.1 Å². The lowest BCUT2D eigenvalue weighted by Crippen LogP contribution is -2.42. The van der Waals surface area contributed by atoms with Crippen LogP contribution in [0.5, 0.6) is 0 Å². The van der Waals surface area contributed by atoms with E-state index in [2.05, 4.69) is 27.7 Å². The monoisotopic (exact) mass is 415 g/mol. The normalized spacial score (nSPS) is 27.8. The van der Waals surface area contributed by atoms with Crippen molar-refractivity contribution in [2.24, 2.45) is 0 Å². The maximum absolute atomic E-state index is 12.6. The van der Waals surface area contributed by atoms with Crippen LogP contribution < -0.4 is 10.6 Å². The topological polar surface area (TPSA) is 81.7 Å². The van der Waals surface area contributed by atoms with E-state index in [1.165, 1.54) is 31.7 Å². The van der Waals surface area contributed by atoms with E-state index >= 15 is 0 Å². The SMILES string of the molecule is CC(=O)N[C@H]1CC[C@](CNC(=O)CCN2CCCCC2)(c2ccccc2)CC[C@@H]1O. The Hall–Kier alpha value is -1.92. The zero-order chi connectivity index (χ0) is 21.4. The van der Waals surface area contributed by atoms with Crippen LogP contribution in [0.1, 0.15) is 63.9 Å². The lowest BCUT2D eigenvalue weighted by molar-refractivity contribution is -0.122. The van der Waals surface area contributed by atoms with Crippen LogP contribution >= 0.6 is 0 Å². The van der Waals surface area contributed by atoms with Crippen LogP contribution in [0.25, 0.3) is 0 Å². The Balaban J connectivity index is 1.64. The van der Waals surface area contributed by atoms with Crippen LogP contribution in [0, 0.1) is 0 Å². The highest BCUT2D eigenvalue weighted by atomic mass is 16.3. The molecule has 2 amide bonds. The Labute approximate surface area is 180 Å². The molecule has 3 rings (SSSR count). The number of aliphatic hydroxyl groups is 1. The first-order valence-corrected chi connectivity index (χ1v) is 11.5. The molecule has 6 nitrogen and oxygen atoms in total. The van der Waals surface area contributed by atoms with Crippen molar-refractivity contribution < 1.29 is 14.7 Å². The lowest BCUT2D eigenvalue weighted by atomic mass is 9.74. The summed E-state index contributed by atoms with van der Waals surface area (Å²) in [6.45, 7) is 5.08. The molecule has 0 aromatic heterocycles. The van der Waals surface area contributed by atoms with Gasteiger partial charge in [-0.25, -0.2) is 0 Å². The number of nitrogens with one attached hydrogen (secondary N) is 2. The van der Waals surface area contributed by atoms with Crippen molar-refractivity contribution in [3.63, 3.8) is 0 Å². The zero-order valence-corrected chi connectivity index (χ0v) is 18.2. The summed E-state index contributed by atoms with van der Waals surface area (Å²) in [5.41, 5.74) is 0.966. The molecule has 1 aromatic rings. The van der Waals surface area contributed by atoms with Gasteiger partial charge in [-0.1, -0.05) is 36.8 Å². The second-order valence-electron chi connectivity index (χ2n) is 9.03. The minimum atomic E-state index is -0.561. The Morgan fingerprint density at radius 2 is 1.80 bits per heavy atom. The van der Waals surface area contributed by atoms with Gasteiger partial charge in [-0.05, 0) is 57.2 Å². The molecular weight excluding hydrogens is 378 g/mol. The predicted octanol–water partition coefficient (Wildman–Crippen LogP) is 2.36. The van der Waals surface area contributed by atoms with Gasteiger partial charge in [-0.3, -0.25) is 9.59 Å². The van der Waals surface area contributed by atoms with Crippen LogP contribution in [0.2, 0.25) is 0 Å². The molecule has 0 bridgehead atoms. The van der Waals surface area contributed by atoms with Crippen LogP contribution in [0.3, 0.4) is 0 Å². The molecule has 6 heteroatoms. The van der Waals surface area contributed by atoms with Crippen molar-refractivity contribution in [1.29, 1.82) is 0 Å². The van der Waals surface area contributed by atoms with Gasteiger partial charge in [-0.2, -0.15) is 0 Å². The quantitative estimate of drug-likeness (QED) is 0.597. The number of rotatable bonds is 7. The van der Waals surface area contributed by atoms with Crippen LogP contribution in [-0.2, 0) is 15.0 Å². The molecule has 2 fully saturated rings. The van der Waals surface area contributed by atoms with Crippen molar-refractivity contribution in [2.45, 2.75) is 75.9 Å². The van der Waals surface area contributed by atoms with Crippen molar-refractivity contribution in [3.8, 4) is 0 Å². The van der Waals surface area contributed by atoms with E-state index in [9.17, 15) is 14.7 Å². The standard InChI is InChI=1S/C24H37N3O3/c1-19(28)26-21-10-13-24(14-11-22(21)29,20-8-4-2-5-9-20)18-25-23(30)12-17-27-15-6-3-7-16-27/h2,4-5,8-9,21-22,29H,3,6-7,10-18H2,1H3,(H,25,30)(H,26,28)/t21-,22-,24-/m0/s1. The molecule has 1 aliphatic carbocycles. The third-order valence-electron chi connectivity index (χ3n) is 6.82. The molecule has 3 N–H and O–H groups in total. The van der Waals surface area contributed by atoms with Gasteiger partial charge in [0.25, 0.3) is 0 Å². The van der Waals surface area contributed by atoms with Gasteiger partial charge >= 0.3 is 0 Å². The van der Waals surface area contributed by atoms with Gasteiger partial charge in [0.1, 0.15) is 0 Å². The molecule has 0 radical (unpaired) electrons. The van der Waals surface area contributed by atoms with E-state index in [1.54, 1.807) is 0 Å². The van der Waals surface area contributed by atoms with Crippen molar-refractivity contribution in [2.75, 3.05) is 26.2 Å². The fourth-order valence-corrected chi connectivity index (χ4v) is 4.96. The highest BCUT2D eigenvalue weighted by Crippen LogP contribution is 2.38. The van der Waals surface area contributed by atoms with E-state index in [0.29, 0.717) is 25.8 Å². The van der Waals surface area contributed by atoms with Gasteiger partial charge in [0.05, 0.1) is 12.1 Å². The molecule has 30 heavy (non-hydrogen) atoms. The summed E-state index contributed by atoms with van der Waals surface area (Å²) in [6, 6.07) is 10.1. The second kappa shape index (κ2) is 10.9. The van der Waals surface area contributed by atoms with Gasteiger partial charge in [0.2, 0.25) is 11.8 Å². The maximum atomic E-state index is 12.6. The van der Waals surface area contributed by atoms with Gasteiger partial charge in [0, 0.05) is 31.8 Å². The van der Waals surface area contributed by atoms with Gasteiger partial charge in [0.15, 0.2) is 0 Å². The van der Waals surface area contributed by atoms with Crippen molar-refractivity contribution >= 4 is 11.8 Å². The highest BCUT2D eigenvalue weighted by molar-refractivity contribution is 5.76. The highest BCUT2D eigenvalue weighted by Gasteiger charge is 2.38. The third kappa shape index (κ3) is 6.29. The second-order valence-corrected chi connectivity index (χ2v) is 9.03. The Morgan fingerprint density at radius 3 is 2.50 bits per heavy atom. The molecule has 0 unspecified atom stereocenters. The number of likely N-dealkylation sites (tertiary alicyclic amines) is 1. The third-order valence-corrected chi connectivity index (χ3v) is 6.82. The first-order valence-electron chi connectivity index (χ1n) is 11.5. The molecule has 1 saturated heterocycles. The number of benzene rings is 1. The zero-order valence-electron chi connectivity index (χ0n) is 18.2. The molecule has 2 aliphatic rings. The summed E-state index contributed by atoms with van der Waals surface area (Å²) in [7, 11) is 0. The Kier molecular flexibility index (Phi) is 8.28. The van der Waals surface area contributed by atoms with Gasteiger partial charge in [-0.15, -0.1) is 0 Å². The average Bonchev–Trinajstić information content (AvgIpc) is 2.92. The molecule has 3 atom stereocenters. The summed E-state index contributed by atoms with van der Waals surface area (Å²) < 4.78 is 0. The molecule has 0 spiro atoms. The van der Waals surface area contributed by atoms with E-state index in [-0.39, 0.29) is 23.3 Å². The Morgan fingerprint density at radius 1 is 1.10 bits per heavy atom. The summed E-state index contributed by atoms with van der Waals surface area (Å²) >= 11 is 0. The Bertz CT molecular complexity index is 690. The number of nitrogens with zero attached hydrogens (tertiary/aromatic N) is 1. The number of piperidine rings is 1. The predicted molar refractivity (Wildman–Crippen MR) is 118 cm³/mol. The molecular formula is C24H37N3O3. The van der Waals surface area contributed by atoms with E-state index in [4.69, 9.17) is 0 Å². The number of aliphatic hydroxyl groups excluding tert-OH is 1. The van der Waals surface area contributed by atoms with Crippen molar-refractivity contribution in [3.05, 3.63) is 35.9 Å². The molecule has 166 valence electrons. The average molecular weight is 416 g/mol. The lowest BCUT2D eigenvalue weighted by Gasteiger charge is -2.34. The first-order chi connectivity index (χ1) is 14.5. The number of carbonyl (C=O) groups is 2. The van der Waals surface area contributed by atoms with E-state index in [0.717, 1.165) is 32.5 Å². The summed E-state index contributed by atoms with van der Waals surface area (Å²) in [6.07, 6.45) is 6.62. The smallest absolute Gasteiger partial charge is 0.221 e. The van der Waals surface area contributed by atoms with Crippen LogP contribution in [0.15, 0.2) is 30.3 Å². The molecule has 1 aliphatic heterocycles. The minimum Gasteiger partial charge on any atom is -0.391 e. The number of hydrogen-bond donors (Lipinski definition) is 3. The van der Waals surface area contributed by atoms with Gasteiger partial charge < -0.3 is 20.6 Å². The molecule has 1 saturated carbocycles. The summed E-state index contributed by atoms with van der Waals surface area (Å²) in [4.78, 5) is 26.5. The number of hydrogen-bond acceptors (Lipinski definition) is 4. The number of amides is 2. The summed E-state index contributed by atoms with van der Waals surface area (Å²) in [5.74, 6) is -0.0173. The summed E-state index contributed by atoms with van der Waals surface area (Å²) in [5, 5.41) is 16.7. The maximum Gasteiger partial charge on any atom is 0.221 e. The minimum absolute atomic E-state index is 0.0964. The number of carbonyl (C=O) groups excluding carboxylic acids is 2. The van der Waals surface area contributed by atoms with Crippen LogP contribution in [0.4, 0.5) is 0 Å². The van der Waals surface area contributed by atoms with Crippen molar-refractivity contribution in [1.82, 2.24) is 15.5 Å². The fraction of sp³-hybridized carbons (Fsp3) is 0.667. The largest absolute Gasteiger partial charge is 0.391 e. The fourth-order valence-electron chi connectivity index (χ4n) is 4.96. The molecule has 1 aromatic carbocycles.